The van der Waals surface area contributed by atoms with E-state index in [1.54, 1.807) is 24.3 Å². The van der Waals surface area contributed by atoms with Gasteiger partial charge < -0.3 is 5.32 Å². The third-order valence-corrected chi connectivity index (χ3v) is 8.02. The second-order valence-electron chi connectivity index (χ2n) is 7.88. The Kier molecular flexibility index (Phi) is 11.4. The maximum absolute atomic E-state index is 12.7. The molecule has 3 rings (SSSR count). The largest absolute Gasteiger partial charge is 0.355 e. The van der Waals surface area contributed by atoms with Crippen molar-refractivity contribution in [3.05, 3.63) is 50.1 Å². The van der Waals surface area contributed by atoms with Crippen molar-refractivity contribution in [3.63, 3.8) is 0 Å². The highest BCUT2D eigenvalue weighted by Gasteiger charge is 2.30. The Bertz CT molecular complexity index is 736. The Balaban J connectivity index is 0.00000225. The Morgan fingerprint density at radius 1 is 0.967 bits per heavy atom. The van der Waals surface area contributed by atoms with Gasteiger partial charge in [-0.3, -0.25) is 4.79 Å². The molecule has 1 heterocycles. The second-order valence-corrected chi connectivity index (χ2v) is 10.3. The molecule has 2 fully saturated rings. The first-order valence-electron chi connectivity index (χ1n) is 10.4. The van der Waals surface area contributed by atoms with Gasteiger partial charge in [-0.15, -0.1) is 0 Å². The van der Waals surface area contributed by atoms with E-state index in [2.05, 4.69) is 5.32 Å². The zero-order valence-corrected chi connectivity index (χ0v) is 19.3. The summed E-state index contributed by atoms with van der Waals surface area (Å²) in [5.74, 6) is 1.48. The molecule has 1 saturated carbocycles. The van der Waals surface area contributed by atoms with Gasteiger partial charge in [-0.25, -0.2) is 8.42 Å². The number of amides is 1. The standard InChI is InChI=1S/C21H30ClN2O3S.2CH2/c22-19-8-10-20(11-9-19)28(26,27)24-14-12-17(13-15-24)16-23-21(25)18-6-4-2-1-3-5-7-18;;/h8-11,17H,1-7,12-16H2,(H,23,25);2*1H2. The number of nitrogens with one attached hydrogen (secondary N) is 1. The number of piperidine rings is 1. The monoisotopic (exact) mass is 453 g/mol. The van der Waals surface area contributed by atoms with Gasteiger partial charge in [0.05, 0.1) is 10.8 Å². The topological polar surface area (TPSA) is 66.5 Å². The number of carbonyl (C=O) groups excluding carboxylic acids is 1. The minimum absolute atomic E-state index is 0. The average molecular weight is 454 g/mol. The lowest BCUT2D eigenvalue weighted by atomic mass is 9.90. The van der Waals surface area contributed by atoms with Crippen LogP contribution in [0.4, 0.5) is 0 Å². The molecule has 1 saturated heterocycles. The van der Waals surface area contributed by atoms with Crippen molar-refractivity contribution in [2.24, 2.45) is 5.92 Å². The number of hydrogen-bond acceptors (Lipinski definition) is 3. The molecule has 1 aliphatic carbocycles. The third-order valence-electron chi connectivity index (χ3n) is 5.85. The molecule has 1 aliphatic heterocycles. The smallest absolute Gasteiger partial charge is 0.243 e. The van der Waals surface area contributed by atoms with Gasteiger partial charge in [0.2, 0.25) is 15.9 Å². The predicted molar refractivity (Wildman–Crippen MR) is 122 cm³/mol. The molecule has 0 aromatic heterocycles. The van der Waals surface area contributed by atoms with Crippen molar-refractivity contribution in [1.82, 2.24) is 9.62 Å². The van der Waals surface area contributed by atoms with Crippen LogP contribution in [0.1, 0.15) is 57.8 Å². The van der Waals surface area contributed by atoms with Crippen molar-refractivity contribution in [3.8, 4) is 0 Å². The van der Waals surface area contributed by atoms with E-state index in [1.807, 2.05) is 0 Å². The van der Waals surface area contributed by atoms with Crippen molar-refractivity contribution in [1.29, 1.82) is 0 Å². The first kappa shape index (κ1) is 26.9. The first-order chi connectivity index (χ1) is 13.5. The van der Waals surface area contributed by atoms with Gasteiger partial charge in [-0.05, 0) is 55.9 Å². The number of hydrogen-bond donors (Lipinski definition) is 1. The minimum atomic E-state index is -3.47. The van der Waals surface area contributed by atoms with E-state index in [9.17, 15) is 13.2 Å². The van der Waals surface area contributed by atoms with E-state index in [0.717, 1.165) is 44.4 Å². The van der Waals surface area contributed by atoms with Crippen molar-refractivity contribution in [2.75, 3.05) is 19.6 Å². The fourth-order valence-corrected chi connectivity index (χ4v) is 5.63. The van der Waals surface area contributed by atoms with Gasteiger partial charge >= 0.3 is 0 Å². The number of halogens is 1. The molecule has 1 amide bonds. The molecule has 167 valence electrons. The summed E-state index contributed by atoms with van der Waals surface area (Å²) in [6.45, 7) is 1.61. The summed E-state index contributed by atoms with van der Waals surface area (Å²) >= 11 is 5.86. The van der Waals surface area contributed by atoms with Gasteiger partial charge in [0.15, 0.2) is 0 Å². The summed E-state index contributed by atoms with van der Waals surface area (Å²) in [6.07, 6.45) is 9.33. The van der Waals surface area contributed by atoms with Crippen LogP contribution in [0.25, 0.3) is 0 Å². The SMILES string of the molecule is O=C(NCC1CCN(S(=O)(=O)c2ccc(Cl)cc2)CC1)[C]1CCCCCCC1.[CH2].[CH2]. The van der Waals surface area contributed by atoms with E-state index >= 15 is 0 Å². The van der Waals surface area contributed by atoms with E-state index < -0.39 is 10.0 Å². The van der Waals surface area contributed by atoms with Gasteiger partial charge in [0.25, 0.3) is 0 Å². The Morgan fingerprint density at radius 3 is 2.07 bits per heavy atom. The van der Waals surface area contributed by atoms with Crippen LogP contribution in [0.15, 0.2) is 29.2 Å². The molecular weight excluding hydrogens is 420 g/mol. The Labute approximate surface area is 188 Å². The van der Waals surface area contributed by atoms with Crippen LogP contribution in [0.2, 0.25) is 5.02 Å². The Hall–Kier alpha value is -1.11. The number of rotatable bonds is 5. The predicted octanol–water partition coefficient (Wildman–Crippen LogP) is 4.83. The minimum Gasteiger partial charge on any atom is -0.355 e. The molecule has 1 aromatic rings. The summed E-state index contributed by atoms with van der Waals surface area (Å²) in [7, 11) is -3.47. The molecule has 2 aliphatic rings. The highest BCUT2D eigenvalue weighted by atomic mass is 35.5. The second kappa shape index (κ2) is 12.7. The summed E-state index contributed by atoms with van der Waals surface area (Å²) in [6, 6.07) is 6.31. The van der Waals surface area contributed by atoms with Gasteiger partial charge in [-0.1, -0.05) is 58.6 Å². The van der Waals surface area contributed by atoms with Crippen LogP contribution in [-0.2, 0) is 14.8 Å². The molecule has 30 heavy (non-hydrogen) atoms. The molecular formula is C23H34ClN2O3S. The highest BCUT2D eigenvalue weighted by molar-refractivity contribution is 7.89. The van der Waals surface area contributed by atoms with Crippen LogP contribution in [-0.4, -0.2) is 38.3 Å². The van der Waals surface area contributed by atoms with Gasteiger partial charge in [-0.2, -0.15) is 4.31 Å². The highest BCUT2D eigenvalue weighted by Crippen LogP contribution is 2.26. The van der Waals surface area contributed by atoms with Crippen LogP contribution in [0.3, 0.4) is 0 Å². The maximum atomic E-state index is 12.7. The zero-order valence-electron chi connectivity index (χ0n) is 17.7. The molecule has 5 radical (unpaired) electrons. The zero-order chi connectivity index (χ0) is 20.0. The quantitative estimate of drug-likeness (QED) is 0.694. The summed E-state index contributed by atoms with van der Waals surface area (Å²) < 4.78 is 27.0. The van der Waals surface area contributed by atoms with Gasteiger partial charge in [0, 0.05) is 24.7 Å². The molecule has 5 nitrogen and oxygen atoms in total. The van der Waals surface area contributed by atoms with E-state index in [1.165, 1.54) is 23.6 Å². The lowest BCUT2D eigenvalue weighted by molar-refractivity contribution is -0.120. The van der Waals surface area contributed by atoms with Crippen molar-refractivity contribution < 1.29 is 13.2 Å². The van der Waals surface area contributed by atoms with Crippen molar-refractivity contribution >= 4 is 27.5 Å². The van der Waals surface area contributed by atoms with Gasteiger partial charge in [0.1, 0.15) is 0 Å². The number of sulfonamides is 1. The lowest BCUT2D eigenvalue weighted by Crippen LogP contribution is -2.42. The van der Waals surface area contributed by atoms with E-state index in [4.69, 9.17) is 11.6 Å². The molecule has 0 unspecified atom stereocenters. The molecule has 0 atom stereocenters. The van der Waals surface area contributed by atoms with Crippen LogP contribution < -0.4 is 5.32 Å². The maximum Gasteiger partial charge on any atom is 0.243 e. The van der Waals surface area contributed by atoms with Crippen LogP contribution in [0.5, 0.6) is 0 Å². The molecule has 1 aromatic carbocycles. The summed E-state index contributed by atoms with van der Waals surface area (Å²) in [4.78, 5) is 12.8. The first-order valence-corrected chi connectivity index (χ1v) is 12.2. The summed E-state index contributed by atoms with van der Waals surface area (Å²) in [5, 5.41) is 3.63. The van der Waals surface area contributed by atoms with Crippen molar-refractivity contribution in [2.45, 2.75) is 62.7 Å². The lowest BCUT2D eigenvalue weighted by Gasteiger charge is -2.31. The molecule has 1 N–H and O–H groups in total. The van der Waals surface area contributed by atoms with Crippen LogP contribution in [0, 0.1) is 26.7 Å². The molecule has 7 heteroatoms. The average Bonchev–Trinajstić information content (AvgIpc) is 2.66. The molecule has 0 bridgehead atoms. The number of nitrogens with zero attached hydrogens (tertiary/aromatic N) is 1. The Morgan fingerprint density at radius 2 is 1.50 bits per heavy atom. The van der Waals surface area contributed by atoms with E-state index in [-0.39, 0.29) is 25.7 Å². The third kappa shape index (κ3) is 7.24. The fourth-order valence-electron chi connectivity index (χ4n) is 4.03. The van der Waals surface area contributed by atoms with Crippen LogP contribution >= 0.6 is 11.6 Å². The summed E-state index contributed by atoms with van der Waals surface area (Å²) in [5.41, 5.74) is 0. The fraction of sp³-hybridized carbons (Fsp3) is 0.565. The molecule has 0 spiro atoms. The number of benzene rings is 1. The normalized spacial score (nSPS) is 19.6. The number of carbonyl (C=O) groups is 1. The van der Waals surface area contributed by atoms with E-state index in [0.29, 0.717) is 30.6 Å².